The van der Waals surface area contributed by atoms with Gasteiger partial charge in [0.05, 0.1) is 6.54 Å². The predicted octanol–water partition coefficient (Wildman–Crippen LogP) is 3.77. The lowest BCUT2D eigenvalue weighted by Crippen LogP contribution is -2.31. The summed E-state index contributed by atoms with van der Waals surface area (Å²) in [6, 6.07) is 17.8. The van der Waals surface area contributed by atoms with Crippen molar-refractivity contribution in [1.29, 1.82) is 0 Å². The number of benzene rings is 2. The van der Waals surface area contributed by atoms with E-state index in [9.17, 15) is 4.79 Å². The maximum Gasteiger partial charge on any atom is 0.242 e. The van der Waals surface area contributed by atoms with Crippen molar-refractivity contribution >= 4 is 23.2 Å². The Kier molecular flexibility index (Phi) is 4.58. The van der Waals surface area contributed by atoms with E-state index in [2.05, 4.69) is 0 Å². The van der Waals surface area contributed by atoms with E-state index < -0.39 is 0 Å². The highest BCUT2D eigenvalue weighted by atomic mass is 35.5. The topological polar surface area (TPSA) is 20.3 Å². The van der Waals surface area contributed by atoms with Crippen LogP contribution in [0.4, 0.5) is 5.69 Å². The van der Waals surface area contributed by atoms with Crippen LogP contribution < -0.4 is 4.90 Å². The van der Waals surface area contributed by atoms with Crippen molar-refractivity contribution in [3.8, 4) is 0 Å². The molecule has 3 heteroatoms. The van der Waals surface area contributed by atoms with Gasteiger partial charge >= 0.3 is 0 Å². The average Bonchev–Trinajstić information content (AvgIpc) is 2.46. The number of amides is 1. The van der Waals surface area contributed by atoms with Crippen LogP contribution in [-0.4, -0.2) is 11.8 Å². The van der Waals surface area contributed by atoms with Gasteiger partial charge in [-0.2, -0.15) is 0 Å². The zero-order valence-electron chi connectivity index (χ0n) is 10.8. The number of hydrogen-bond donors (Lipinski definition) is 0. The van der Waals surface area contributed by atoms with Gasteiger partial charge in [-0.05, 0) is 24.6 Å². The molecule has 0 aliphatic heterocycles. The second-order valence-electron chi connectivity index (χ2n) is 4.43. The molecule has 0 fully saturated rings. The number of carbonyl (C=O) groups is 1. The molecule has 2 nitrogen and oxygen atoms in total. The standard InChI is InChI=1S/C16H16ClNO/c1-13-7-9-15(10-8-13)18(16(19)11-17)12-14-5-3-2-4-6-14/h2-10H,11-12H2,1H3. The number of nitrogens with zero attached hydrogens (tertiary/aromatic N) is 1. The Morgan fingerprint density at radius 2 is 1.68 bits per heavy atom. The van der Waals surface area contributed by atoms with Crippen LogP contribution in [0.1, 0.15) is 11.1 Å². The van der Waals surface area contributed by atoms with E-state index in [-0.39, 0.29) is 11.8 Å². The first-order valence-electron chi connectivity index (χ1n) is 6.17. The molecule has 19 heavy (non-hydrogen) atoms. The molecular formula is C16H16ClNO. The first-order chi connectivity index (χ1) is 9.20. The Hall–Kier alpha value is -1.80. The minimum atomic E-state index is -0.0885. The molecule has 0 heterocycles. The second kappa shape index (κ2) is 6.39. The lowest BCUT2D eigenvalue weighted by molar-refractivity contribution is -0.116. The van der Waals surface area contributed by atoms with Crippen molar-refractivity contribution in [3.63, 3.8) is 0 Å². The summed E-state index contributed by atoms with van der Waals surface area (Å²) in [7, 11) is 0. The minimum Gasteiger partial charge on any atom is -0.307 e. The molecule has 0 spiro atoms. The number of rotatable bonds is 4. The summed E-state index contributed by atoms with van der Waals surface area (Å²) in [5.74, 6) is -0.102. The van der Waals surface area contributed by atoms with E-state index >= 15 is 0 Å². The predicted molar refractivity (Wildman–Crippen MR) is 79.5 cm³/mol. The van der Waals surface area contributed by atoms with Crippen molar-refractivity contribution in [2.75, 3.05) is 10.8 Å². The van der Waals surface area contributed by atoms with Crippen LogP contribution in [0.3, 0.4) is 0 Å². The largest absolute Gasteiger partial charge is 0.307 e. The number of halogens is 1. The number of alkyl halides is 1. The summed E-state index contributed by atoms with van der Waals surface area (Å²) >= 11 is 5.70. The van der Waals surface area contributed by atoms with Gasteiger partial charge in [0, 0.05) is 5.69 Å². The minimum absolute atomic E-state index is 0.0132. The summed E-state index contributed by atoms with van der Waals surface area (Å²) in [5.41, 5.74) is 3.13. The molecule has 0 N–H and O–H groups in total. The van der Waals surface area contributed by atoms with Crippen LogP contribution in [0.5, 0.6) is 0 Å². The Morgan fingerprint density at radius 1 is 1.05 bits per heavy atom. The quantitative estimate of drug-likeness (QED) is 0.777. The highest BCUT2D eigenvalue weighted by Gasteiger charge is 2.14. The summed E-state index contributed by atoms with van der Waals surface area (Å²) in [6.07, 6.45) is 0. The molecule has 0 aliphatic carbocycles. The third-order valence-electron chi connectivity index (χ3n) is 2.94. The van der Waals surface area contributed by atoms with E-state index in [0.717, 1.165) is 11.3 Å². The van der Waals surface area contributed by atoms with Crippen LogP contribution in [-0.2, 0) is 11.3 Å². The highest BCUT2D eigenvalue weighted by molar-refractivity contribution is 6.29. The Labute approximate surface area is 118 Å². The molecule has 2 aromatic carbocycles. The number of carbonyl (C=O) groups excluding carboxylic acids is 1. The lowest BCUT2D eigenvalue weighted by Gasteiger charge is -2.22. The van der Waals surface area contributed by atoms with Crippen molar-refractivity contribution < 1.29 is 4.79 Å². The first-order valence-corrected chi connectivity index (χ1v) is 6.71. The first kappa shape index (κ1) is 13.6. The van der Waals surface area contributed by atoms with Gasteiger partial charge in [-0.1, -0.05) is 48.0 Å². The van der Waals surface area contributed by atoms with Gasteiger partial charge in [0.1, 0.15) is 5.88 Å². The summed E-state index contributed by atoms with van der Waals surface area (Å²) in [6.45, 7) is 2.56. The highest BCUT2D eigenvalue weighted by Crippen LogP contribution is 2.18. The fourth-order valence-corrected chi connectivity index (χ4v) is 2.03. The Morgan fingerprint density at radius 3 is 2.26 bits per heavy atom. The molecule has 0 aliphatic rings. The lowest BCUT2D eigenvalue weighted by atomic mass is 10.1. The monoisotopic (exact) mass is 273 g/mol. The van der Waals surface area contributed by atoms with Gasteiger partial charge in [0.2, 0.25) is 5.91 Å². The SMILES string of the molecule is Cc1ccc(N(Cc2ccccc2)C(=O)CCl)cc1. The van der Waals surface area contributed by atoms with Crippen molar-refractivity contribution in [1.82, 2.24) is 0 Å². The third kappa shape index (κ3) is 3.58. The van der Waals surface area contributed by atoms with Crippen LogP contribution in [0.2, 0.25) is 0 Å². The molecule has 0 bridgehead atoms. The van der Waals surface area contributed by atoms with Crippen LogP contribution in [0, 0.1) is 6.92 Å². The maximum atomic E-state index is 12.0. The Bertz CT molecular complexity index is 536. The van der Waals surface area contributed by atoms with Crippen molar-refractivity contribution in [2.45, 2.75) is 13.5 Å². The molecule has 2 aromatic rings. The third-order valence-corrected chi connectivity index (χ3v) is 3.17. The maximum absolute atomic E-state index is 12.0. The van der Waals surface area contributed by atoms with Crippen LogP contribution in [0.15, 0.2) is 54.6 Å². The number of anilines is 1. The van der Waals surface area contributed by atoms with Crippen molar-refractivity contribution in [2.24, 2.45) is 0 Å². The van der Waals surface area contributed by atoms with Gasteiger partial charge in [0.15, 0.2) is 0 Å². The summed E-state index contributed by atoms with van der Waals surface area (Å²) in [4.78, 5) is 13.7. The van der Waals surface area contributed by atoms with Gasteiger partial charge in [0.25, 0.3) is 0 Å². The van der Waals surface area contributed by atoms with Gasteiger partial charge in [-0.15, -0.1) is 11.6 Å². The molecule has 98 valence electrons. The molecule has 0 saturated heterocycles. The fourth-order valence-electron chi connectivity index (χ4n) is 1.89. The normalized spacial score (nSPS) is 10.2. The van der Waals surface area contributed by atoms with Gasteiger partial charge in [-0.25, -0.2) is 0 Å². The molecule has 1 amide bonds. The summed E-state index contributed by atoms with van der Waals surface area (Å²) in [5, 5.41) is 0. The van der Waals surface area contributed by atoms with Crippen molar-refractivity contribution in [3.05, 3.63) is 65.7 Å². The molecule has 0 atom stereocenters. The molecule has 0 aromatic heterocycles. The Balaban J connectivity index is 2.26. The molecule has 0 unspecified atom stereocenters. The second-order valence-corrected chi connectivity index (χ2v) is 4.70. The molecule has 0 saturated carbocycles. The zero-order valence-corrected chi connectivity index (χ0v) is 11.6. The van der Waals surface area contributed by atoms with E-state index in [1.807, 2.05) is 61.5 Å². The number of hydrogen-bond acceptors (Lipinski definition) is 1. The summed E-state index contributed by atoms with van der Waals surface area (Å²) < 4.78 is 0. The van der Waals surface area contributed by atoms with Gasteiger partial charge in [-0.3, -0.25) is 4.79 Å². The average molecular weight is 274 g/mol. The van der Waals surface area contributed by atoms with E-state index in [1.54, 1.807) is 4.90 Å². The van der Waals surface area contributed by atoms with E-state index in [0.29, 0.717) is 6.54 Å². The number of aryl methyl sites for hydroxylation is 1. The smallest absolute Gasteiger partial charge is 0.242 e. The fraction of sp³-hybridized carbons (Fsp3) is 0.188. The molecule has 2 rings (SSSR count). The molecule has 0 radical (unpaired) electrons. The molecular weight excluding hydrogens is 258 g/mol. The van der Waals surface area contributed by atoms with E-state index in [1.165, 1.54) is 5.56 Å². The van der Waals surface area contributed by atoms with E-state index in [4.69, 9.17) is 11.6 Å². The van der Waals surface area contributed by atoms with Crippen LogP contribution in [0.25, 0.3) is 0 Å². The van der Waals surface area contributed by atoms with Gasteiger partial charge < -0.3 is 4.90 Å². The van der Waals surface area contributed by atoms with Crippen LogP contribution >= 0.6 is 11.6 Å². The zero-order chi connectivity index (χ0) is 13.7.